The molecule has 3 aliphatic heterocycles. The fourth-order valence-corrected chi connectivity index (χ4v) is 8.54. The van der Waals surface area contributed by atoms with Crippen LogP contribution in [0.4, 0.5) is 0 Å². The molecule has 3 saturated heterocycles. The van der Waals surface area contributed by atoms with Crippen molar-refractivity contribution in [1.29, 1.82) is 0 Å². The largest absolute Gasteiger partial charge is 0.299 e. The lowest BCUT2D eigenvalue weighted by molar-refractivity contribution is -0.162. The standard InChI is InChI=1S/C20H32IN/c1-7-14-16-15(10(2)3)11(4)17(16)20(6,19(14)21)12(5)18-13-8-22(18)9-13/h10-15,18-19H,7-9H2,1-6H3/t11-,12-,14?,15?,18?,19?,20+/m1/s1. The highest BCUT2D eigenvalue weighted by molar-refractivity contribution is 14.1. The molecule has 0 amide bonds. The first-order chi connectivity index (χ1) is 10.3. The fourth-order valence-electron chi connectivity index (χ4n) is 6.74. The van der Waals surface area contributed by atoms with Gasteiger partial charge in [0.2, 0.25) is 0 Å². The van der Waals surface area contributed by atoms with Gasteiger partial charge in [0.05, 0.1) is 0 Å². The molecule has 0 aromatic rings. The van der Waals surface area contributed by atoms with Crippen LogP contribution in [0.25, 0.3) is 0 Å². The van der Waals surface area contributed by atoms with Gasteiger partial charge in [-0.05, 0) is 36.0 Å². The molecular formula is C20H32IN. The molecule has 0 radical (unpaired) electrons. The summed E-state index contributed by atoms with van der Waals surface area (Å²) in [7, 11) is 0. The van der Waals surface area contributed by atoms with Crippen molar-refractivity contribution in [2.24, 2.45) is 40.9 Å². The fraction of sp³-hybridized carbons (Fsp3) is 0.900. The highest BCUT2D eigenvalue weighted by Gasteiger charge is 2.65. The second-order valence-electron chi connectivity index (χ2n) is 9.12. The summed E-state index contributed by atoms with van der Waals surface area (Å²) in [5, 5.41) is 0. The molecule has 0 N–H and O–H groups in total. The van der Waals surface area contributed by atoms with Crippen molar-refractivity contribution < 1.29 is 0 Å². The summed E-state index contributed by atoms with van der Waals surface area (Å²) in [6, 6.07) is 0.900. The van der Waals surface area contributed by atoms with Crippen molar-refractivity contribution in [2.75, 3.05) is 13.1 Å². The molecule has 0 saturated carbocycles. The molecule has 0 aromatic heterocycles. The van der Waals surface area contributed by atoms with E-state index in [2.05, 4.69) is 69.0 Å². The Morgan fingerprint density at radius 2 is 1.86 bits per heavy atom. The summed E-state index contributed by atoms with van der Waals surface area (Å²) in [6.07, 6.45) is 1.34. The topological polar surface area (TPSA) is 3.24 Å². The smallest absolute Gasteiger partial charge is 0.0269 e. The van der Waals surface area contributed by atoms with Gasteiger partial charge in [-0.2, -0.15) is 0 Å². The zero-order valence-corrected chi connectivity index (χ0v) is 17.2. The van der Waals surface area contributed by atoms with E-state index >= 15 is 0 Å². The first kappa shape index (κ1) is 15.9. The van der Waals surface area contributed by atoms with Crippen molar-refractivity contribution in [3.8, 4) is 0 Å². The van der Waals surface area contributed by atoms with Gasteiger partial charge >= 0.3 is 0 Å². The summed E-state index contributed by atoms with van der Waals surface area (Å²) in [6.45, 7) is 17.8. The van der Waals surface area contributed by atoms with Crippen LogP contribution in [0.1, 0.15) is 48.0 Å². The Morgan fingerprint density at radius 3 is 2.27 bits per heavy atom. The highest BCUT2D eigenvalue weighted by Crippen LogP contribution is 2.69. The Hall–Kier alpha value is 0.430. The van der Waals surface area contributed by atoms with Crippen molar-refractivity contribution in [3.63, 3.8) is 0 Å². The highest BCUT2D eigenvalue weighted by atomic mass is 127. The molecular weight excluding hydrogens is 381 g/mol. The van der Waals surface area contributed by atoms with Crippen LogP contribution in [-0.4, -0.2) is 28.0 Å². The maximum absolute atomic E-state index is 2.84. The van der Waals surface area contributed by atoms with Crippen molar-refractivity contribution >= 4 is 22.6 Å². The molecule has 1 nitrogen and oxygen atoms in total. The van der Waals surface area contributed by atoms with E-state index in [1.54, 1.807) is 0 Å². The summed E-state index contributed by atoms with van der Waals surface area (Å²) in [4.78, 5) is 2.73. The van der Waals surface area contributed by atoms with Gasteiger partial charge < -0.3 is 0 Å². The summed E-state index contributed by atoms with van der Waals surface area (Å²) < 4.78 is 0.808. The molecule has 2 bridgehead atoms. The van der Waals surface area contributed by atoms with Crippen LogP contribution in [0.5, 0.6) is 0 Å². The van der Waals surface area contributed by atoms with Crippen LogP contribution < -0.4 is 0 Å². The number of hydrogen-bond acceptors (Lipinski definition) is 1. The van der Waals surface area contributed by atoms with Crippen molar-refractivity contribution in [3.05, 3.63) is 11.1 Å². The van der Waals surface area contributed by atoms with Crippen LogP contribution in [0.2, 0.25) is 0 Å². The van der Waals surface area contributed by atoms with Gasteiger partial charge in [0.15, 0.2) is 0 Å². The Morgan fingerprint density at radius 1 is 1.27 bits per heavy atom. The first-order valence-corrected chi connectivity index (χ1v) is 10.7. The Kier molecular flexibility index (Phi) is 3.60. The van der Waals surface area contributed by atoms with Crippen LogP contribution in [-0.2, 0) is 0 Å². The molecule has 3 heterocycles. The minimum atomic E-state index is 0.448. The Labute approximate surface area is 150 Å². The number of allylic oxidation sites excluding steroid dienone is 2. The number of alkyl halides is 1. The second kappa shape index (κ2) is 4.97. The predicted molar refractivity (Wildman–Crippen MR) is 102 cm³/mol. The van der Waals surface area contributed by atoms with E-state index in [0.29, 0.717) is 5.41 Å². The third kappa shape index (κ3) is 1.65. The number of nitrogens with zero attached hydrogens (tertiary/aromatic N) is 1. The molecule has 2 heteroatoms. The van der Waals surface area contributed by atoms with E-state index in [4.69, 9.17) is 0 Å². The number of rotatable bonds is 4. The zero-order valence-electron chi connectivity index (χ0n) is 15.1. The molecule has 124 valence electrons. The van der Waals surface area contributed by atoms with E-state index in [1.165, 1.54) is 19.5 Å². The van der Waals surface area contributed by atoms with Gasteiger partial charge in [-0.1, -0.05) is 75.3 Å². The molecule has 22 heavy (non-hydrogen) atoms. The minimum absolute atomic E-state index is 0.448. The lowest BCUT2D eigenvalue weighted by Gasteiger charge is -2.66. The molecule has 5 rings (SSSR count). The maximum atomic E-state index is 2.84. The summed E-state index contributed by atoms with van der Waals surface area (Å²) in [5.74, 6) is 5.20. The summed E-state index contributed by atoms with van der Waals surface area (Å²) >= 11 is 2.84. The predicted octanol–water partition coefficient (Wildman–Crippen LogP) is 5.00. The van der Waals surface area contributed by atoms with Gasteiger partial charge in [0.1, 0.15) is 0 Å². The van der Waals surface area contributed by atoms with E-state index in [0.717, 1.165) is 45.5 Å². The van der Waals surface area contributed by atoms with E-state index in [1.807, 2.05) is 11.1 Å². The van der Waals surface area contributed by atoms with E-state index in [9.17, 15) is 0 Å². The van der Waals surface area contributed by atoms with Gasteiger partial charge in [-0.25, -0.2) is 0 Å². The van der Waals surface area contributed by atoms with Crippen LogP contribution in [0, 0.1) is 40.9 Å². The van der Waals surface area contributed by atoms with Crippen molar-refractivity contribution in [2.45, 2.75) is 57.9 Å². The van der Waals surface area contributed by atoms with Crippen LogP contribution >= 0.6 is 22.6 Å². The van der Waals surface area contributed by atoms with E-state index in [-0.39, 0.29) is 0 Å². The molecule has 0 spiro atoms. The van der Waals surface area contributed by atoms with Gasteiger partial charge in [0, 0.05) is 34.4 Å². The zero-order chi connectivity index (χ0) is 16.0. The average molecular weight is 413 g/mol. The molecule has 5 aliphatic rings. The number of hydrogen-bond donors (Lipinski definition) is 0. The maximum Gasteiger partial charge on any atom is 0.0269 e. The van der Waals surface area contributed by atoms with Gasteiger partial charge in [-0.15, -0.1) is 0 Å². The lowest BCUT2D eigenvalue weighted by atomic mass is 9.54. The van der Waals surface area contributed by atoms with Crippen LogP contribution in [0.3, 0.4) is 0 Å². The number of halogens is 1. The Bertz CT molecular complexity index is 510. The SMILES string of the molecule is CCC1C2=C([C@H](C)C2C(C)C)[C@](C)([C@H](C)C2C3CN2C3)C1I. The monoisotopic (exact) mass is 413 g/mol. The third-order valence-corrected chi connectivity index (χ3v) is 10.2. The quantitative estimate of drug-likeness (QED) is 0.356. The molecule has 4 unspecified atom stereocenters. The van der Waals surface area contributed by atoms with Gasteiger partial charge in [0.25, 0.3) is 0 Å². The molecule has 7 atom stereocenters. The average Bonchev–Trinajstić information content (AvgIpc) is 2.52. The first-order valence-electron chi connectivity index (χ1n) is 9.46. The van der Waals surface area contributed by atoms with Crippen LogP contribution in [0.15, 0.2) is 11.1 Å². The third-order valence-electron chi connectivity index (χ3n) is 8.03. The molecule has 2 aliphatic carbocycles. The van der Waals surface area contributed by atoms with E-state index < -0.39 is 0 Å². The molecule has 3 fully saturated rings. The normalized spacial score (nSPS) is 53.7. The van der Waals surface area contributed by atoms with Crippen molar-refractivity contribution in [1.82, 2.24) is 4.90 Å². The second-order valence-corrected chi connectivity index (χ2v) is 10.5. The lowest BCUT2D eigenvalue weighted by Crippen LogP contribution is -2.75. The summed E-state index contributed by atoms with van der Waals surface area (Å²) in [5.41, 5.74) is 4.25. The molecule has 0 aromatic carbocycles. The van der Waals surface area contributed by atoms with Gasteiger partial charge in [-0.3, -0.25) is 4.90 Å². The Balaban J connectivity index is 1.71. The minimum Gasteiger partial charge on any atom is -0.299 e.